The van der Waals surface area contributed by atoms with E-state index in [4.69, 9.17) is 4.74 Å². The Labute approximate surface area is 198 Å². The third-order valence-electron chi connectivity index (χ3n) is 6.78. The highest BCUT2D eigenvalue weighted by Crippen LogP contribution is 2.28. The zero-order valence-corrected chi connectivity index (χ0v) is 20.4. The quantitative estimate of drug-likeness (QED) is 0.529. The topological polar surface area (TPSA) is 75.7 Å². The van der Waals surface area contributed by atoms with Crippen molar-refractivity contribution >= 4 is 17.8 Å². The molecule has 3 atom stereocenters. The smallest absolute Gasteiger partial charge is 0.329 e. The van der Waals surface area contributed by atoms with E-state index in [-0.39, 0.29) is 23.8 Å². The van der Waals surface area contributed by atoms with Crippen LogP contribution in [0.1, 0.15) is 84.1 Å². The predicted molar refractivity (Wildman–Crippen MR) is 128 cm³/mol. The van der Waals surface area contributed by atoms with Crippen LogP contribution < -0.4 is 5.32 Å². The molecule has 6 heteroatoms. The standard InChI is InChI=1S/C27H40N2O4/c1-4-5-16-22(25(30)28-21-14-10-7-11-15-21)29-23(17-19(2)3)27(32)33-24(26(29)31)18-20-12-8-6-9-13-20/h6,8-9,12-13,19,21-24H,4-5,7,10-11,14-18H2,1-3H3,(H,28,30)/t22?,23-,24-/m0/s1. The second-order valence-corrected chi connectivity index (χ2v) is 10.0. The number of carbonyl (C=O) groups excluding carboxylic acids is 3. The maximum absolute atomic E-state index is 13.7. The molecular weight excluding hydrogens is 416 g/mol. The van der Waals surface area contributed by atoms with Gasteiger partial charge in [-0.05, 0) is 37.2 Å². The van der Waals surface area contributed by atoms with E-state index < -0.39 is 24.2 Å². The molecule has 0 spiro atoms. The molecule has 1 unspecified atom stereocenters. The van der Waals surface area contributed by atoms with Gasteiger partial charge >= 0.3 is 5.97 Å². The van der Waals surface area contributed by atoms with Crippen LogP contribution >= 0.6 is 0 Å². The third-order valence-corrected chi connectivity index (χ3v) is 6.78. The summed E-state index contributed by atoms with van der Waals surface area (Å²) < 4.78 is 5.67. The molecule has 33 heavy (non-hydrogen) atoms. The molecule has 1 aliphatic carbocycles. The highest BCUT2D eigenvalue weighted by atomic mass is 16.6. The van der Waals surface area contributed by atoms with E-state index >= 15 is 0 Å². The van der Waals surface area contributed by atoms with Crippen molar-refractivity contribution < 1.29 is 19.1 Å². The van der Waals surface area contributed by atoms with Gasteiger partial charge in [-0.2, -0.15) is 0 Å². The summed E-state index contributed by atoms with van der Waals surface area (Å²) in [6.45, 7) is 6.12. The average molecular weight is 457 g/mol. The number of amides is 2. The summed E-state index contributed by atoms with van der Waals surface area (Å²) in [5, 5.41) is 3.21. The Morgan fingerprint density at radius 2 is 1.82 bits per heavy atom. The summed E-state index contributed by atoms with van der Waals surface area (Å²) in [6, 6.07) is 8.38. The zero-order chi connectivity index (χ0) is 23.8. The summed E-state index contributed by atoms with van der Waals surface area (Å²) in [5.74, 6) is -0.567. The van der Waals surface area contributed by atoms with E-state index in [9.17, 15) is 14.4 Å². The number of nitrogens with zero attached hydrogens (tertiary/aromatic N) is 1. The summed E-state index contributed by atoms with van der Waals surface area (Å²) in [6.07, 6.45) is 7.62. The van der Waals surface area contributed by atoms with Gasteiger partial charge in [0.15, 0.2) is 6.10 Å². The summed E-state index contributed by atoms with van der Waals surface area (Å²) in [5.41, 5.74) is 0.933. The van der Waals surface area contributed by atoms with Crippen LogP contribution in [0.2, 0.25) is 0 Å². The van der Waals surface area contributed by atoms with Crippen LogP contribution in [0, 0.1) is 5.92 Å². The van der Waals surface area contributed by atoms with Crippen molar-refractivity contribution in [1.29, 1.82) is 0 Å². The number of rotatable bonds is 10. The van der Waals surface area contributed by atoms with Crippen LogP contribution in [0.4, 0.5) is 0 Å². The second kappa shape index (κ2) is 12.2. The summed E-state index contributed by atoms with van der Waals surface area (Å²) in [7, 11) is 0. The number of esters is 1. The van der Waals surface area contributed by atoms with E-state index in [2.05, 4.69) is 12.2 Å². The largest absolute Gasteiger partial charge is 0.450 e. The molecule has 2 aliphatic rings. The first-order valence-electron chi connectivity index (χ1n) is 12.8. The Morgan fingerprint density at radius 3 is 2.45 bits per heavy atom. The molecule has 2 amide bonds. The minimum Gasteiger partial charge on any atom is -0.450 e. The maximum atomic E-state index is 13.7. The first-order valence-corrected chi connectivity index (χ1v) is 12.8. The SMILES string of the molecule is CCCCC(C(=O)NC1CCCCC1)N1C(=O)[C@H](Cc2ccccc2)OC(=O)[C@@H]1CC(C)C. The van der Waals surface area contributed by atoms with Crippen LogP contribution in [0.15, 0.2) is 30.3 Å². The molecular formula is C27H40N2O4. The molecule has 0 bridgehead atoms. The van der Waals surface area contributed by atoms with E-state index in [0.717, 1.165) is 44.1 Å². The number of morpholine rings is 1. The van der Waals surface area contributed by atoms with Crippen molar-refractivity contribution in [2.75, 3.05) is 0 Å². The lowest BCUT2D eigenvalue weighted by Gasteiger charge is -2.43. The lowest BCUT2D eigenvalue weighted by molar-refractivity contribution is -0.182. The van der Waals surface area contributed by atoms with Gasteiger partial charge in [0.1, 0.15) is 12.1 Å². The molecule has 1 aliphatic heterocycles. The van der Waals surface area contributed by atoms with Gasteiger partial charge < -0.3 is 15.0 Å². The molecule has 0 aromatic heterocycles. The van der Waals surface area contributed by atoms with E-state index in [1.807, 2.05) is 44.2 Å². The number of ether oxygens (including phenoxy) is 1. The first kappa shape index (κ1) is 25.3. The fourth-order valence-electron chi connectivity index (χ4n) is 5.03. The highest BCUT2D eigenvalue weighted by Gasteiger charge is 2.47. The van der Waals surface area contributed by atoms with Crippen LogP contribution in [-0.2, 0) is 25.5 Å². The molecule has 1 N–H and O–H groups in total. The average Bonchev–Trinajstić information content (AvgIpc) is 2.80. The van der Waals surface area contributed by atoms with Gasteiger partial charge in [0.05, 0.1) is 0 Å². The fourth-order valence-corrected chi connectivity index (χ4v) is 5.03. The number of carbonyl (C=O) groups is 3. The Hall–Kier alpha value is -2.37. The minimum absolute atomic E-state index is 0.120. The number of nitrogens with one attached hydrogen (secondary N) is 1. The van der Waals surface area contributed by atoms with Gasteiger partial charge in [-0.25, -0.2) is 4.79 Å². The van der Waals surface area contributed by atoms with Gasteiger partial charge in [-0.3, -0.25) is 9.59 Å². The molecule has 182 valence electrons. The van der Waals surface area contributed by atoms with Crippen molar-refractivity contribution in [1.82, 2.24) is 10.2 Å². The molecule has 0 radical (unpaired) electrons. The highest BCUT2D eigenvalue weighted by molar-refractivity contribution is 5.96. The Balaban J connectivity index is 1.87. The fraction of sp³-hybridized carbons (Fsp3) is 0.667. The second-order valence-electron chi connectivity index (χ2n) is 10.0. The van der Waals surface area contributed by atoms with Crippen LogP contribution in [0.3, 0.4) is 0 Å². The number of benzene rings is 1. The van der Waals surface area contributed by atoms with Crippen molar-refractivity contribution in [3.8, 4) is 0 Å². The van der Waals surface area contributed by atoms with Crippen molar-refractivity contribution in [3.63, 3.8) is 0 Å². The molecule has 1 aromatic rings. The normalized spacial score (nSPS) is 22.8. The van der Waals surface area contributed by atoms with Crippen molar-refractivity contribution in [3.05, 3.63) is 35.9 Å². The summed E-state index contributed by atoms with van der Waals surface area (Å²) in [4.78, 5) is 42.0. The van der Waals surface area contributed by atoms with Gasteiger partial charge in [0.2, 0.25) is 5.91 Å². The van der Waals surface area contributed by atoms with Crippen LogP contribution in [0.25, 0.3) is 0 Å². The van der Waals surface area contributed by atoms with Gasteiger partial charge in [0.25, 0.3) is 5.91 Å². The van der Waals surface area contributed by atoms with Crippen molar-refractivity contribution in [2.45, 2.75) is 109 Å². The number of cyclic esters (lactones) is 1. The molecule has 1 heterocycles. The number of unbranched alkanes of at least 4 members (excludes halogenated alkanes) is 1. The first-order chi connectivity index (χ1) is 15.9. The molecule has 2 fully saturated rings. The monoisotopic (exact) mass is 456 g/mol. The lowest BCUT2D eigenvalue weighted by Crippen LogP contribution is -2.64. The van der Waals surface area contributed by atoms with E-state index in [1.165, 1.54) is 6.42 Å². The van der Waals surface area contributed by atoms with Crippen molar-refractivity contribution in [2.24, 2.45) is 5.92 Å². The Kier molecular flexibility index (Phi) is 9.33. The van der Waals surface area contributed by atoms with E-state index in [0.29, 0.717) is 19.3 Å². The molecule has 6 nitrogen and oxygen atoms in total. The van der Waals surface area contributed by atoms with Gasteiger partial charge in [0, 0.05) is 12.5 Å². The zero-order valence-electron chi connectivity index (χ0n) is 20.4. The molecule has 1 saturated heterocycles. The minimum atomic E-state index is -0.894. The van der Waals surface area contributed by atoms with E-state index in [1.54, 1.807) is 4.90 Å². The number of hydrogen-bond acceptors (Lipinski definition) is 4. The lowest BCUT2D eigenvalue weighted by atomic mass is 9.93. The molecule has 1 saturated carbocycles. The maximum Gasteiger partial charge on any atom is 0.329 e. The predicted octanol–water partition coefficient (Wildman–Crippen LogP) is 4.41. The third kappa shape index (κ3) is 6.81. The molecule has 1 aromatic carbocycles. The Morgan fingerprint density at radius 1 is 1.12 bits per heavy atom. The summed E-state index contributed by atoms with van der Waals surface area (Å²) >= 11 is 0. The van der Waals surface area contributed by atoms with Gasteiger partial charge in [-0.1, -0.05) is 83.2 Å². The molecule has 3 rings (SSSR count). The van der Waals surface area contributed by atoms with Crippen LogP contribution in [-0.4, -0.2) is 46.9 Å². The van der Waals surface area contributed by atoms with Crippen LogP contribution in [0.5, 0.6) is 0 Å². The Bertz CT molecular complexity index is 789. The van der Waals surface area contributed by atoms with Gasteiger partial charge in [-0.15, -0.1) is 0 Å². The number of hydrogen-bond donors (Lipinski definition) is 1.